The molecule has 1 aliphatic carbocycles. The van der Waals surface area contributed by atoms with E-state index in [-0.39, 0.29) is 12.0 Å². The topological polar surface area (TPSA) is 49.4 Å². The smallest absolute Gasteiger partial charge is 0.243 e. The van der Waals surface area contributed by atoms with Crippen LogP contribution in [0.3, 0.4) is 0 Å². The van der Waals surface area contributed by atoms with Gasteiger partial charge >= 0.3 is 0 Å². The monoisotopic (exact) mass is 480 g/mol. The summed E-state index contributed by atoms with van der Waals surface area (Å²) in [5.41, 5.74) is 3.49. The molecule has 1 saturated heterocycles. The zero-order valence-corrected chi connectivity index (χ0v) is 20.3. The molecule has 4 aromatic carbocycles. The van der Waals surface area contributed by atoms with Crippen molar-refractivity contribution < 1.29 is 8.42 Å². The molecule has 0 radical (unpaired) electrons. The SMILES string of the molecule is O=S(=O)(c1ccc2c(c1)C1C=CCC1C(c1c3ccccc3cc3ccccc13)N2)N1CCCC1. The fourth-order valence-corrected chi connectivity index (χ4v) is 8.03. The fraction of sp³-hybridized carbons (Fsp3) is 0.267. The summed E-state index contributed by atoms with van der Waals surface area (Å²) < 4.78 is 28.2. The molecule has 3 aliphatic rings. The van der Waals surface area contributed by atoms with Crippen molar-refractivity contribution in [3.05, 3.63) is 96.1 Å². The molecule has 4 aromatic rings. The Kier molecular flexibility index (Phi) is 4.80. The van der Waals surface area contributed by atoms with Crippen LogP contribution in [0, 0.1) is 5.92 Å². The Morgan fingerprint density at radius 3 is 2.23 bits per heavy atom. The average molecular weight is 481 g/mol. The normalized spacial score (nSPS) is 23.9. The van der Waals surface area contributed by atoms with Gasteiger partial charge in [0.1, 0.15) is 0 Å². The Hall–Kier alpha value is -3.15. The number of hydrogen-bond acceptors (Lipinski definition) is 3. The highest BCUT2D eigenvalue weighted by molar-refractivity contribution is 7.89. The minimum Gasteiger partial charge on any atom is -0.378 e. The van der Waals surface area contributed by atoms with Gasteiger partial charge < -0.3 is 5.32 Å². The van der Waals surface area contributed by atoms with Crippen molar-refractivity contribution in [3.63, 3.8) is 0 Å². The van der Waals surface area contributed by atoms with Crippen LogP contribution in [0.4, 0.5) is 5.69 Å². The van der Waals surface area contributed by atoms with Crippen molar-refractivity contribution >= 4 is 37.3 Å². The third-order valence-electron chi connectivity index (χ3n) is 8.16. The van der Waals surface area contributed by atoms with Crippen LogP contribution in [0.5, 0.6) is 0 Å². The van der Waals surface area contributed by atoms with Crippen molar-refractivity contribution in [2.75, 3.05) is 18.4 Å². The van der Waals surface area contributed by atoms with Gasteiger partial charge in [-0.3, -0.25) is 0 Å². The van der Waals surface area contributed by atoms with Crippen LogP contribution in [0.15, 0.2) is 89.8 Å². The number of sulfonamides is 1. The average Bonchev–Trinajstić information content (AvgIpc) is 3.60. The molecule has 0 aromatic heterocycles. The summed E-state index contributed by atoms with van der Waals surface area (Å²) in [6.45, 7) is 1.25. The third kappa shape index (κ3) is 3.25. The number of nitrogens with one attached hydrogen (secondary N) is 1. The van der Waals surface area contributed by atoms with Gasteiger partial charge in [-0.25, -0.2) is 8.42 Å². The summed E-state index contributed by atoms with van der Waals surface area (Å²) in [5, 5.41) is 8.94. The molecule has 0 saturated carbocycles. The molecule has 7 rings (SSSR count). The van der Waals surface area contributed by atoms with Crippen LogP contribution in [0.25, 0.3) is 21.5 Å². The van der Waals surface area contributed by atoms with Crippen LogP contribution in [-0.4, -0.2) is 25.8 Å². The Bertz CT molecular complexity index is 1550. The molecule has 0 bridgehead atoms. The Balaban J connectivity index is 1.38. The Morgan fingerprint density at radius 1 is 0.829 bits per heavy atom. The second-order valence-corrected chi connectivity index (χ2v) is 12.0. The number of hydrogen-bond donors (Lipinski definition) is 1. The van der Waals surface area contributed by atoms with Gasteiger partial charge in [-0.2, -0.15) is 4.31 Å². The van der Waals surface area contributed by atoms with E-state index in [2.05, 4.69) is 72.1 Å². The van der Waals surface area contributed by atoms with Gasteiger partial charge in [-0.15, -0.1) is 0 Å². The van der Waals surface area contributed by atoms with Crippen LogP contribution in [0.2, 0.25) is 0 Å². The van der Waals surface area contributed by atoms with E-state index in [0.29, 0.717) is 23.9 Å². The minimum atomic E-state index is -3.44. The van der Waals surface area contributed by atoms with E-state index >= 15 is 0 Å². The molecular weight excluding hydrogens is 452 g/mol. The van der Waals surface area contributed by atoms with Crippen molar-refractivity contribution in [1.29, 1.82) is 0 Å². The predicted octanol–water partition coefficient (Wildman–Crippen LogP) is 6.60. The number of benzene rings is 4. The van der Waals surface area contributed by atoms with Crippen LogP contribution in [0.1, 0.15) is 42.3 Å². The molecule has 0 spiro atoms. The predicted molar refractivity (Wildman–Crippen MR) is 142 cm³/mol. The number of rotatable bonds is 3. The number of anilines is 1. The van der Waals surface area contributed by atoms with Gasteiger partial charge in [-0.1, -0.05) is 60.7 Å². The van der Waals surface area contributed by atoms with Crippen molar-refractivity contribution in [2.24, 2.45) is 5.92 Å². The lowest BCUT2D eigenvalue weighted by Crippen LogP contribution is -2.31. The molecule has 35 heavy (non-hydrogen) atoms. The van der Waals surface area contributed by atoms with Crippen molar-refractivity contribution in [1.82, 2.24) is 4.31 Å². The van der Waals surface area contributed by atoms with E-state index in [1.54, 1.807) is 10.4 Å². The zero-order valence-electron chi connectivity index (χ0n) is 19.5. The zero-order chi connectivity index (χ0) is 23.6. The largest absolute Gasteiger partial charge is 0.378 e. The highest BCUT2D eigenvalue weighted by Crippen LogP contribution is 2.52. The van der Waals surface area contributed by atoms with E-state index in [4.69, 9.17) is 0 Å². The first kappa shape index (κ1) is 21.2. The van der Waals surface area contributed by atoms with Gasteiger partial charge in [0.15, 0.2) is 0 Å². The summed E-state index contributed by atoms with van der Waals surface area (Å²) >= 11 is 0. The maximum atomic E-state index is 13.3. The molecular formula is C30H28N2O2S. The maximum absolute atomic E-state index is 13.3. The summed E-state index contributed by atoms with van der Waals surface area (Å²) in [5.74, 6) is 0.532. The number of allylic oxidation sites excluding steroid dienone is 2. The Morgan fingerprint density at radius 2 is 1.51 bits per heavy atom. The van der Waals surface area contributed by atoms with Gasteiger partial charge in [0.2, 0.25) is 10.0 Å². The van der Waals surface area contributed by atoms with E-state index in [0.717, 1.165) is 30.5 Å². The Labute approximate surface area is 206 Å². The third-order valence-corrected chi connectivity index (χ3v) is 10.1. The first-order chi connectivity index (χ1) is 17.1. The van der Waals surface area contributed by atoms with Gasteiger partial charge in [0.25, 0.3) is 0 Å². The summed E-state index contributed by atoms with van der Waals surface area (Å²) in [7, 11) is -3.44. The molecule has 2 heterocycles. The standard InChI is InChI=1S/C30H28N2O2S/c33-35(34,32-16-5-6-17-32)22-14-15-28-27(19-22)25-12-7-13-26(25)30(31-28)29-23-10-3-1-8-20(23)18-21-9-2-4-11-24(21)29/h1-4,7-12,14-15,18-19,25-26,30-31H,5-6,13,16-17H2. The molecule has 4 nitrogen and oxygen atoms in total. The van der Waals surface area contributed by atoms with E-state index < -0.39 is 10.0 Å². The number of fused-ring (bicyclic) bond motifs is 5. The lowest BCUT2D eigenvalue weighted by atomic mass is 9.75. The van der Waals surface area contributed by atoms with Crippen molar-refractivity contribution in [2.45, 2.75) is 36.1 Å². The van der Waals surface area contributed by atoms with Crippen molar-refractivity contribution in [3.8, 4) is 0 Å². The molecule has 3 atom stereocenters. The molecule has 5 heteroatoms. The lowest BCUT2D eigenvalue weighted by molar-refractivity contribution is 0.428. The van der Waals surface area contributed by atoms with E-state index in [1.165, 1.54) is 27.1 Å². The maximum Gasteiger partial charge on any atom is 0.243 e. The highest BCUT2D eigenvalue weighted by Gasteiger charge is 2.40. The molecule has 1 N–H and O–H groups in total. The van der Waals surface area contributed by atoms with Gasteiger partial charge in [-0.05, 0) is 82.1 Å². The first-order valence-corrected chi connectivity index (χ1v) is 14.0. The fourth-order valence-electron chi connectivity index (χ4n) is 6.48. The molecule has 176 valence electrons. The molecule has 1 fully saturated rings. The van der Waals surface area contributed by atoms with Crippen LogP contribution >= 0.6 is 0 Å². The summed E-state index contributed by atoms with van der Waals surface area (Å²) in [4.78, 5) is 0.424. The molecule has 0 amide bonds. The molecule has 2 aliphatic heterocycles. The van der Waals surface area contributed by atoms with E-state index in [1.807, 2.05) is 12.1 Å². The second kappa shape index (κ2) is 7.94. The minimum absolute atomic E-state index is 0.138. The molecule has 3 unspecified atom stereocenters. The lowest BCUT2D eigenvalue weighted by Gasteiger charge is -2.39. The summed E-state index contributed by atoms with van der Waals surface area (Å²) in [6, 6.07) is 25.4. The van der Waals surface area contributed by atoms with Crippen LogP contribution < -0.4 is 5.32 Å². The summed E-state index contributed by atoms with van der Waals surface area (Å²) in [6.07, 6.45) is 7.42. The van der Waals surface area contributed by atoms with E-state index in [9.17, 15) is 8.42 Å². The van der Waals surface area contributed by atoms with Gasteiger partial charge in [0.05, 0.1) is 10.9 Å². The quantitative estimate of drug-likeness (QED) is 0.265. The highest BCUT2D eigenvalue weighted by atomic mass is 32.2. The number of nitrogens with zero attached hydrogens (tertiary/aromatic N) is 1. The van der Waals surface area contributed by atoms with Gasteiger partial charge in [0, 0.05) is 24.7 Å². The van der Waals surface area contributed by atoms with Crippen LogP contribution in [-0.2, 0) is 10.0 Å². The second-order valence-electron chi connectivity index (χ2n) is 10.1. The first-order valence-electron chi connectivity index (χ1n) is 12.6.